The van der Waals surface area contributed by atoms with Gasteiger partial charge < -0.3 is 20.4 Å². The average molecular weight is 350 g/mol. The summed E-state index contributed by atoms with van der Waals surface area (Å²) in [4.78, 5) is 28.0. The lowest BCUT2D eigenvalue weighted by Gasteiger charge is -2.36. The number of rotatable bonds is 3. The van der Waals surface area contributed by atoms with Crippen LogP contribution in [0.25, 0.3) is 0 Å². The highest BCUT2D eigenvalue weighted by molar-refractivity contribution is 5.99. The zero-order valence-electron chi connectivity index (χ0n) is 14.6. The minimum atomic E-state index is -0.0164. The van der Waals surface area contributed by atoms with Crippen LogP contribution in [0, 0.1) is 0 Å². The Kier molecular flexibility index (Phi) is 4.48. The van der Waals surface area contributed by atoms with Gasteiger partial charge in [0.2, 0.25) is 5.91 Å². The number of hydrogen-bond acceptors (Lipinski definition) is 3. The highest BCUT2D eigenvalue weighted by Crippen LogP contribution is 2.28. The van der Waals surface area contributed by atoms with E-state index in [0.29, 0.717) is 26.1 Å². The van der Waals surface area contributed by atoms with Gasteiger partial charge in [0.1, 0.15) is 0 Å². The molecule has 2 aliphatic heterocycles. The fourth-order valence-electron chi connectivity index (χ4n) is 3.47. The molecule has 2 N–H and O–H groups in total. The molecule has 0 saturated carbocycles. The van der Waals surface area contributed by atoms with Crippen molar-refractivity contribution in [2.75, 3.05) is 36.4 Å². The van der Waals surface area contributed by atoms with E-state index in [9.17, 15) is 9.59 Å². The third-order valence-corrected chi connectivity index (χ3v) is 4.93. The molecule has 2 aromatic carbocycles. The van der Waals surface area contributed by atoms with E-state index in [0.717, 1.165) is 35.6 Å². The van der Waals surface area contributed by atoms with Crippen LogP contribution in [0.4, 0.5) is 16.2 Å². The van der Waals surface area contributed by atoms with Crippen LogP contribution in [0.1, 0.15) is 11.1 Å². The molecule has 0 aromatic heterocycles. The molecule has 2 heterocycles. The first-order valence-electron chi connectivity index (χ1n) is 8.93. The molecule has 2 aliphatic rings. The minimum Gasteiger partial charge on any atom is -0.368 e. The molecule has 0 spiro atoms. The van der Waals surface area contributed by atoms with E-state index >= 15 is 0 Å². The second-order valence-corrected chi connectivity index (χ2v) is 6.68. The van der Waals surface area contributed by atoms with Crippen molar-refractivity contribution < 1.29 is 9.59 Å². The number of fused-ring (bicyclic) bond motifs is 1. The molecule has 0 aliphatic carbocycles. The summed E-state index contributed by atoms with van der Waals surface area (Å²) in [6, 6.07) is 16.0. The van der Waals surface area contributed by atoms with Gasteiger partial charge in [0.05, 0.1) is 6.42 Å². The Bertz CT molecular complexity index is 814. The summed E-state index contributed by atoms with van der Waals surface area (Å²) in [6.45, 7) is 3.51. The number of hydrogen-bond donors (Lipinski definition) is 2. The third-order valence-electron chi connectivity index (χ3n) is 4.93. The second-order valence-electron chi connectivity index (χ2n) is 6.68. The molecular weight excluding hydrogens is 328 g/mol. The maximum absolute atomic E-state index is 12.4. The highest BCUT2D eigenvalue weighted by atomic mass is 16.2. The van der Waals surface area contributed by atoms with Crippen LogP contribution in [0.2, 0.25) is 0 Å². The Morgan fingerprint density at radius 1 is 1.04 bits per heavy atom. The van der Waals surface area contributed by atoms with Crippen molar-refractivity contribution in [1.82, 2.24) is 10.2 Å². The Hall–Kier alpha value is -3.02. The summed E-state index contributed by atoms with van der Waals surface area (Å²) < 4.78 is 0. The van der Waals surface area contributed by atoms with E-state index in [4.69, 9.17) is 0 Å². The summed E-state index contributed by atoms with van der Waals surface area (Å²) in [7, 11) is 0. The summed E-state index contributed by atoms with van der Waals surface area (Å²) in [6.07, 6.45) is 0.449. The first-order valence-corrected chi connectivity index (χ1v) is 8.93. The number of amides is 3. The minimum absolute atomic E-state index is 0.0164. The molecular formula is C20H22N4O2. The van der Waals surface area contributed by atoms with Crippen LogP contribution < -0.4 is 15.5 Å². The van der Waals surface area contributed by atoms with Crippen molar-refractivity contribution in [1.29, 1.82) is 0 Å². The van der Waals surface area contributed by atoms with E-state index in [-0.39, 0.29) is 11.9 Å². The van der Waals surface area contributed by atoms with Crippen molar-refractivity contribution in [2.24, 2.45) is 0 Å². The largest absolute Gasteiger partial charge is 0.368 e. The van der Waals surface area contributed by atoms with Gasteiger partial charge in [-0.25, -0.2) is 4.79 Å². The molecule has 134 valence electrons. The average Bonchev–Trinajstić information content (AvgIpc) is 3.06. The topological polar surface area (TPSA) is 64.7 Å². The van der Waals surface area contributed by atoms with Crippen molar-refractivity contribution >= 4 is 23.3 Å². The van der Waals surface area contributed by atoms with Gasteiger partial charge in [-0.3, -0.25) is 4.79 Å². The molecule has 26 heavy (non-hydrogen) atoms. The predicted molar refractivity (Wildman–Crippen MR) is 101 cm³/mol. The van der Waals surface area contributed by atoms with Gasteiger partial charge in [-0.2, -0.15) is 0 Å². The molecule has 6 heteroatoms. The van der Waals surface area contributed by atoms with E-state index in [1.165, 1.54) is 0 Å². The first kappa shape index (κ1) is 16.4. The van der Waals surface area contributed by atoms with Crippen LogP contribution in [0.15, 0.2) is 48.5 Å². The van der Waals surface area contributed by atoms with E-state index < -0.39 is 0 Å². The normalized spacial score (nSPS) is 16.2. The molecule has 4 rings (SSSR count). The molecule has 3 amide bonds. The molecule has 0 unspecified atom stereocenters. The van der Waals surface area contributed by atoms with Gasteiger partial charge >= 0.3 is 6.03 Å². The maximum atomic E-state index is 12.4. The number of nitrogens with zero attached hydrogens (tertiary/aromatic N) is 2. The Morgan fingerprint density at radius 3 is 2.58 bits per heavy atom. The summed E-state index contributed by atoms with van der Waals surface area (Å²) in [5.41, 5.74) is 4.18. The third kappa shape index (κ3) is 3.49. The Balaban J connectivity index is 1.31. The molecule has 0 bridgehead atoms. The van der Waals surface area contributed by atoms with E-state index in [2.05, 4.69) is 21.6 Å². The first-order chi connectivity index (χ1) is 12.7. The molecule has 0 atom stereocenters. The van der Waals surface area contributed by atoms with Crippen LogP contribution in [0.3, 0.4) is 0 Å². The Labute approximate surface area is 152 Å². The lowest BCUT2D eigenvalue weighted by Crippen LogP contribution is -2.51. The van der Waals surface area contributed by atoms with Gasteiger partial charge in [0, 0.05) is 44.1 Å². The van der Waals surface area contributed by atoms with E-state index in [1.54, 1.807) is 0 Å². The number of carbonyl (C=O) groups excluding carboxylic acids is 2. The highest BCUT2D eigenvalue weighted by Gasteiger charge is 2.23. The quantitative estimate of drug-likeness (QED) is 0.892. The Morgan fingerprint density at radius 2 is 1.81 bits per heavy atom. The van der Waals surface area contributed by atoms with Gasteiger partial charge in [-0.15, -0.1) is 0 Å². The van der Waals surface area contributed by atoms with Gasteiger partial charge in [-0.05, 0) is 29.3 Å². The SMILES string of the molecule is O=C1Cc2cc(N3CCN(C(=O)NCc4ccccc4)CC3)ccc2N1. The monoisotopic (exact) mass is 350 g/mol. The number of nitrogens with one attached hydrogen (secondary N) is 2. The summed E-state index contributed by atoms with van der Waals surface area (Å²) in [5, 5.41) is 5.84. The van der Waals surface area contributed by atoms with Crippen LogP contribution in [-0.4, -0.2) is 43.0 Å². The smallest absolute Gasteiger partial charge is 0.317 e. The lowest BCUT2D eigenvalue weighted by atomic mass is 10.1. The number of piperazine rings is 1. The van der Waals surface area contributed by atoms with E-state index in [1.807, 2.05) is 47.4 Å². The van der Waals surface area contributed by atoms with Crippen LogP contribution in [-0.2, 0) is 17.8 Å². The molecule has 2 aromatic rings. The number of urea groups is 1. The lowest BCUT2D eigenvalue weighted by molar-refractivity contribution is -0.115. The fraction of sp³-hybridized carbons (Fsp3) is 0.300. The molecule has 6 nitrogen and oxygen atoms in total. The number of benzene rings is 2. The zero-order chi connectivity index (χ0) is 17.9. The molecule has 0 radical (unpaired) electrons. The van der Waals surface area contributed by atoms with Crippen LogP contribution >= 0.6 is 0 Å². The zero-order valence-corrected chi connectivity index (χ0v) is 14.6. The standard InChI is InChI=1S/C20H22N4O2/c25-19-13-16-12-17(6-7-18(16)22-19)23-8-10-24(11-9-23)20(26)21-14-15-4-2-1-3-5-15/h1-7,12H,8-11,13-14H2,(H,21,26)(H,22,25). The summed E-state index contributed by atoms with van der Waals surface area (Å²) in [5.74, 6) is 0.0528. The summed E-state index contributed by atoms with van der Waals surface area (Å²) >= 11 is 0. The van der Waals surface area contributed by atoms with Gasteiger partial charge in [0.25, 0.3) is 0 Å². The van der Waals surface area contributed by atoms with Gasteiger partial charge in [-0.1, -0.05) is 30.3 Å². The van der Waals surface area contributed by atoms with Gasteiger partial charge in [0.15, 0.2) is 0 Å². The number of carbonyl (C=O) groups is 2. The van der Waals surface area contributed by atoms with Crippen molar-refractivity contribution in [2.45, 2.75) is 13.0 Å². The molecule has 1 saturated heterocycles. The van der Waals surface area contributed by atoms with Crippen molar-refractivity contribution in [3.8, 4) is 0 Å². The van der Waals surface area contributed by atoms with Crippen LogP contribution in [0.5, 0.6) is 0 Å². The molecule has 1 fully saturated rings. The second kappa shape index (κ2) is 7.07. The number of anilines is 2. The van der Waals surface area contributed by atoms with Crippen molar-refractivity contribution in [3.63, 3.8) is 0 Å². The maximum Gasteiger partial charge on any atom is 0.317 e. The fourth-order valence-corrected chi connectivity index (χ4v) is 3.47. The van der Waals surface area contributed by atoms with Crippen molar-refractivity contribution in [3.05, 3.63) is 59.7 Å². The predicted octanol–water partition coefficient (Wildman–Crippen LogP) is 2.21.